The summed E-state index contributed by atoms with van der Waals surface area (Å²) in [6, 6.07) is 10.3. The zero-order chi connectivity index (χ0) is 22.7. The van der Waals surface area contributed by atoms with Gasteiger partial charge in [0.2, 0.25) is 5.91 Å². The summed E-state index contributed by atoms with van der Waals surface area (Å²) < 4.78 is 24.5. The van der Waals surface area contributed by atoms with Crippen LogP contribution in [0.15, 0.2) is 30.3 Å². The molecule has 1 saturated heterocycles. The highest BCUT2D eigenvalue weighted by Gasteiger charge is 2.25. The van der Waals surface area contributed by atoms with Crippen molar-refractivity contribution in [3.8, 4) is 11.8 Å². The van der Waals surface area contributed by atoms with Crippen LogP contribution in [0.3, 0.4) is 0 Å². The molecule has 0 N–H and O–H groups in total. The van der Waals surface area contributed by atoms with Crippen LogP contribution in [0.25, 0.3) is 0 Å². The molecule has 2 aromatic carbocycles. The topological polar surface area (TPSA) is 79.6 Å². The molecule has 166 valence electrons. The van der Waals surface area contributed by atoms with Crippen LogP contribution in [0.4, 0.5) is 4.39 Å². The molecule has 2 aliphatic rings. The van der Waals surface area contributed by atoms with E-state index < -0.39 is 5.82 Å². The molecule has 32 heavy (non-hydrogen) atoms. The molecular weight excluding hydrogens is 411 g/mol. The number of amides is 1. The number of methoxy groups -OCH3 is 1. The fourth-order valence-electron chi connectivity index (χ4n) is 4.45. The average molecular weight is 436 g/mol. The van der Waals surface area contributed by atoms with E-state index in [1.165, 1.54) is 18.7 Å². The van der Waals surface area contributed by atoms with Crippen molar-refractivity contribution >= 4 is 11.9 Å². The van der Waals surface area contributed by atoms with Gasteiger partial charge < -0.3 is 14.4 Å². The first-order valence-electron chi connectivity index (χ1n) is 10.8. The third-order valence-corrected chi connectivity index (χ3v) is 6.39. The summed E-state index contributed by atoms with van der Waals surface area (Å²) in [7, 11) is 1.42. The quantitative estimate of drug-likeness (QED) is 0.644. The number of nitrogens with zero attached hydrogens (tertiary/aromatic N) is 2. The molecule has 0 spiro atoms. The van der Waals surface area contributed by atoms with Crippen molar-refractivity contribution in [1.82, 2.24) is 4.90 Å². The minimum absolute atomic E-state index is 0.0471. The highest BCUT2D eigenvalue weighted by atomic mass is 19.1. The molecule has 2 aromatic rings. The van der Waals surface area contributed by atoms with E-state index in [0.717, 1.165) is 37.3 Å². The second kappa shape index (κ2) is 9.39. The zero-order valence-corrected chi connectivity index (χ0v) is 18.0. The Morgan fingerprint density at radius 3 is 2.78 bits per heavy atom. The number of fused-ring (bicyclic) bond motifs is 1. The van der Waals surface area contributed by atoms with Gasteiger partial charge in [0.05, 0.1) is 24.7 Å². The molecule has 6 nitrogen and oxygen atoms in total. The SMILES string of the molecule is COc1cc(CC(=O)N2CCC(CCc3ccc4c(c3)COC4=O)CC2)c(F)cc1C#N. The van der Waals surface area contributed by atoms with Crippen molar-refractivity contribution in [1.29, 1.82) is 5.26 Å². The van der Waals surface area contributed by atoms with Crippen LogP contribution in [0.2, 0.25) is 0 Å². The van der Waals surface area contributed by atoms with Crippen LogP contribution >= 0.6 is 0 Å². The summed E-state index contributed by atoms with van der Waals surface area (Å²) in [6.45, 7) is 1.67. The van der Waals surface area contributed by atoms with Gasteiger partial charge in [-0.25, -0.2) is 9.18 Å². The molecule has 2 heterocycles. The Balaban J connectivity index is 1.28. The molecular formula is C25H25FN2O4. The number of hydrogen-bond acceptors (Lipinski definition) is 5. The Hall–Kier alpha value is -3.40. The van der Waals surface area contributed by atoms with Crippen LogP contribution < -0.4 is 4.74 Å². The second-order valence-corrected chi connectivity index (χ2v) is 8.36. The Bertz CT molecular complexity index is 1080. The van der Waals surface area contributed by atoms with Crippen LogP contribution in [0.5, 0.6) is 5.75 Å². The lowest BCUT2D eigenvalue weighted by atomic mass is 9.89. The van der Waals surface area contributed by atoms with E-state index in [2.05, 4.69) is 6.07 Å². The Morgan fingerprint density at radius 1 is 1.28 bits per heavy atom. The first kappa shape index (κ1) is 21.8. The number of halogens is 1. The Kier molecular flexibility index (Phi) is 6.40. The number of carbonyl (C=O) groups excluding carboxylic acids is 2. The van der Waals surface area contributed by atoms with E-state index >= 15 is 0 Å². The van der Waals surface area contributed by atoms with Gasteiger partial charge >= 0.3 is 5.97 Å². The number of hydrogen-bond donors (Lipinski definition) is 0. The Labute approximate surface area is 186 Å². The maximum Gasteiger partial charge on any atom is 0.338 e. The first-order chi connectivity index (χ1) is 15.5. The van der Waals surface area contributed by atoms with Gasteiger partial charge in [0, 0.05) is 24.2 Å². The molecule has 0 aliphatic carbocycles. The van der Waals surface area contributed by atoms with E-state index in [4.69, 9.17) is 14.7 Å². The summed E-state index contributed by atoms with van der Waals surface area (Å²) in [5, 5.41) is 9.05. The monoisotopic (exact) mass is 436 g/mol. The second-order valence-electron chi connectivity index (χ2n) is 8.36. The molecule has 7 heteroatoms. The summed E-state index contributed by atoms with van der Waals surface area (Å²) >= 11 is 0. The zero-order valence-electron chi connectivity index (χ0n) is 18.0. The smallest absolute Gasteiger partial charge is 0.338 e. The van der Waals surface area contributed by atoms with Crippen LogP contribution in [0, 0.1) is 23.1 Å². The van der Waals surface area contributed by atoms with Crippen molar-refractivity contribution in [2.24, 2.45) is 5.92 Å². The summed E-state index contributed by atoms with van der Waals surface area (Å²) in [5.74, 6) is -0.123. The number of piperidine rings is 1. The molecule has 2 aliphatic heterocycles. The predicted octanol–water partition coefficient (Wildman–Crippen LogP) is 3.79. The van der Waals surface area contributed by atoms with Gasteiger partial charge in [0.1, 0.15) is 24.2 Å². The summed E-state index contributed by atoms with van der Waals surface area (Å²) in [5.41, 5.74) is 3.18. The first-order valence-corrected chi connectivity index (χ1v) is 10.8. The standard InChI is InChI=1S/C25H25FN2O4/c1-31-23-12-18(22(26)11-19(23)14-27)13-24(29)28-8-6-16(7-9-28)2-3-17-4-5-21-20(10-17)15-32-25(21)30/h4-5,10-12,16H,2-3,6-9,13,15H2,1H3. The number of nitriles is 1. The fraction of sp³-hybridized carbons (Fsp3) is 0.400. The lowest BCUT2D eigenvalue weighted by Crippen LogP contribution is -2.39. The van der Waals surface area contributed by atoms with Crippen molar-refractivity contribution in [2.75, 3.05) is 20.2 Å². The van der Waals surface area contributed by atoms with Gasteiger partial charge in [0.25, 0.3) is 0 Å². The minimum atomic E-state index is -0.563. The lowest BCUT2D eigenvalue weighted by Gasteiger charge is -2.32. The van der Waals surface area contributed by atoms with E-state index in [1.54, 1.807) is 4.90 Å². The van der Waals surface area contributed by atoms with Crippen molar-refractivity contribution in [2.45, 2.75) is 38.7 Å². The molecule has 0 saturated carbocycles. The fourth-order valence-corrected chi connectivity index (χ4v) is 4.45. The van der Waals surface area contributed by atoms with E-state index in [-0.39, 0.29) is 35.2 Å². The maximum atomic E-state index is 14.3. The minimum Gasteiger partial charge on any atom is -0.495 e. The van der Waals surface area contributed by atoms with Gasteiger partial charge in [0.15, 0.2) is 0 Å². The molecule has 0 unspecified atom stereocenters. The van der Waals surface area contributed by atoms with Crippen LogP contribution in [-0.4, -0.2) is 37.0 Å². The molecule has 1 amide bonds. The lowest BCUT2D eigenvalue weighted by molar-refractivity contribution is -0.131. The molecule has 0 radical (unpaired) electrons. The number of carbonyl (C=O) groups is 2. The number of cyclic esters (lactones) is 1. The number of rotatable bonds is 6. The van der Waals surface area contributed by atoms with Gasteiger partial charge in [-0.05, 0) is 55.4 Å². The van der Waals surface area contributed by atoms with E-state index in [0.29, 0.717) is 31.2 Å². The molecule has 0 aromatic heterocycles. The number of likely N-dealkylation sites (tertiary alicyclic amines) is 1. The summed E-state index contributed by atoms with van der Waals surface area (Å²) in [4.78, 5) is 26.1. The maximum absolute atomic E-state index is 14.3. The number of ether oxygens (including phenoxy) is 2. The third-order valence-electron chi connectivity index (χ3n) is 6.39. The highest BCUT2D eigenvalue weighted by Crippen LogP contribution is 2.27. The molecule has 1 fully saturated rings. The van der Waals surface area contributed by atoms with Crippen molar-refractivity contribution in [3.05, 3.63) is 64.0 Å². The van der Waals surface area contributed by atoms with E-state index in [9.17, 15) is 14.0 Å². The van der Waals surface area contributed by atoms with Gasteiger partial charge in [-0.3, -0.25) is 4.79 Å². The third kappa shape index (κ3) is 4.59. The number of esters is 1. The highest BCUT2D eigenvalue weighted by molar-refractivity contribution is 5.93. The van der Waals surface area contributed by atoms with Crippen molar-refractivity contribution in [3.63, 3.8) is 0 Å². The average Bonchev–Trinajstić information content (AvgIpc) is 3.19. The Morgan fingerprint density at radius 2 is 2.06 bits per heavy atom. The van der Waals surface area contributed by atoms with E-state index in [1.807, 2.05) is 18.2 Å². The molecule has 4 rings (SSSR count). The normalized spacial score (nSPS) is 15.8. The van der Waals surface area contributed by atoms with Gasteiger partial charge in [-0.15, -0.1) is 0 Å². The number of aryl methyl sites for hydroxylation is 1. The van der Waals surface area contributed by atoms with Gasteiger partial charge in [-0.1, -0.05) is 12.1 Å². The van der Waals surface area contributed by atoms with Crippen LogP contribution in [0.1, 0.15) is 51.9 Å². The largest absolute Gasteiger partial charge is 0.495 e. The van der Waals surface area contributed by atoms with Gasteiger partial charge in [-0.2, -0.15) is 5.26 Å². The summed E-state index contributed by atoms with van der Waals surface area (Å²) in [6.07, 6.45) is 3.73. The van der Waals surface area contributed by atoms with Crippen LogP contribution in [-0.2, 0) is 29.0 Å². The molecule has 0 bridgehead atoms. The molecule has 0 atom stereocenters. The predicted molar refractivity (Wildman–Crippen MR) is 115 cm³/mol. The number of benzene rings is 2. The van der Waals surface area contributed by atoms with Crippen molar-refractivity contribution < 1.29 is 23.5 Å².